The molecule has 0 saturated heterocycles. The van der Waals surface area contributed by atoms with Crippen molar-refractivity contribution < 1.29 is 0 Å². The van der Waals surface area contributed by atoms with E-state index in [1.165, 1.54) is 0 Å². The van der Waals surface area contributed by atoms with Crippen LogP contribution in [0.5, 0.6) is 0 Å². The summed E-state index contributed by atoms with van der Waals surface area (Å²) in [7, 11) is 0. The summed E-state index contributed by atoms with van der Waals surface area (Å²) in [5, 5.41) is 7.33. The van der Waals surface area contributed by atoms with Crippen molar-refractivity contribution in [2.45, 2.75) is 0 Å². The summed E-state index contributed by atoms with van der Waals surface area (Å²) in [5.74, 6) is 0.371. The Balaban J connectivity index is 2.70. The van der Waals surface area contributed by atoms with Crippen LogP contribution in [0.4, 0.5) is 0 Å². The molecule has 0 aromatic heterocycles. The van der Waals surface area contributed by atoms with Crippen LogP contribution >= 0.6 is 0 Å². The van der Waals surface area contributed by atoms with Gasteiger partial charge >= 0.3 is 0 Å². The van der Waals surface area contributed by atoms with Crippen LogP contribution in [-0.2, 0) is 0 Å². The first kappa shape index (κ1) is 5.35. The van der Waals surface area contributed by atoms with Gasteiger partial charge in [-0.2, -0.15) is 0 Å². The molecule has 2 nitrogen and oxygen atoms in total. The number of nitrogens with one attached hydrogen (secondary N) is 1. The number of amidine groups is 1. The second kappa shape index (κ2) is 1.77. The average Bonchev–Trinajstić information content (AvgIpc) is 2.34. The van der Waals surface area contributed by atoms with E-state index >= 15 is 0 Å². The number of hydrogen-bond acceptors (Lipinski definition) is 1. The zero-order valence-corrected chi connectivity index (χ0v) is 5.33. The summed E-state index contributed by atoms with van der Waals surface area (Å²) in [6.07, 6.45) is 1.72. The molecule has 1 aromatic carbocycles. The molecule has 0 amide bonds. The maximum absolute atomic E-state index is 7.33. The Morgan fingerprint density at radius 2 is 2.00 bits per heavy atom. The lowest BCUT2D eigenvalue weighted by atomic mass is 10.1. The second-order valence-corrected chi connectivity index (χ2v) is 2.19. The number of nitrogens with zero attached hydrogens (tertiary/aromatic N) is 1. The van der Waals surface area contributed by atoms with Gasteiger partial charge in [0.05, 0.1) is 0 Å². The van der Waals surface area contributed by atoms with Crippen molar-refractivity contribution in [1.82, 2.24) is 0 Å². The van der Waals surface area contributed by atoms with Crippen molar-refractivity contribution in [1.29, 1.82) is 5.41 Å². The van der Waals surface area contributed by atoms with Crippen molar-refractivity contribution >= 4 is 12.1 Å². The Labute approximate surface area is 58.7 Å². The molecule has 1 aliphatic rings. The molecule has 0 atom stereocenters. The minimum atomic E-state index is 0.371. The number of rotatable bonds is 0. The third kappa shape index (κ3) is 0.589. The number of fused-ring (bicyclic) bond motifs is 1. The Morgan fingerprint density at radius 1 is 1.20 bits per heavy atom. The van der Waals surface area contributed by atoms with Crippen LogP contribution in [0.25, 0.3) is 0 Å². The first-order valence-electron chi connectivity index (χ1n) is 3.10. The molecule has 0 unspecified atom stereocenters. The SMILES string of the molecule is N=C1N=Cc2ccccc21. The molecule has 0 fully saturated rings. The zero-order valence-electron chi connectivity index (χ0n) is 5.33. The molecule has 0 bridgehead atoms. The van der Waals surface area contributed by atoms with Crippen molar-refractivity contribution in [3.8, 4) is 0 Å². The van der Waals surface area contributed by atoms with E-state index in [4.69, 9.17) is 5.41 Å². The summed E-state index contributed by atoms with van der Waals surface area (Å²) >= 11 is 0. The number of aliphatic imine (C=N–C) groups is 1. The minimum Gasteiger partial charge on any atom is -0.282 e. The van der Waals surface area contributed by atoms with E-state index in [2.05, 4.69) is 4.99 Å². The van der Waals surface area contributed by atoms with Crippen LogP contribution in [0.3, 0.4) is 0 Å². The summed E-state index contributed by atoms with van der Waals surface area (Å²) < 4.78 is 0. The summed E-state index contributed by atoms with van der Waals surface area (Å²) in [6, 6.07) is 7.73. The topological polar surface area (TPSA) is 36.2 Å². The van der Waals surface area contributed by atoms with Crippen molar-refractivity contribution in [3.05, 3.63) is 35.4 Å². The van der Waals surface area contributed by atoms with Gasteiger partial charge in [-0.05, 0) is 0 Å². The molecular weight excluding hydrogens is 124 g/mol. The lowest BCUT2D eigenvalue weighted by Gasteiger charge is -1.92. The molecule has 1 heterocycles. The predicted molar refractivity (Wildman–Crippen MR) is 40.9 cm³/mol. The van der Waals surface area contributed by atoms with Crippen LogP contribution < -0.4 is 0 Å². The van der Waals surface area contributed by atoms with Crippen molar-refractivity contribution in [2.24, 2.45) is 4.99 Å². The standard InChI is InChI=1S/C8H6N2/c9-8-7-4-2-1-3-6(7)5-10-8/h1-5,9H. The van der Waals surface area contributed by atoms with Gasteiger partial charge in [0.1, 0.15) is 0 Å². The molecular formula is C8H6N2. The molecule has 1 N–H and O–H groups in total. The van der Waals surface area contributed by atoms with Gasteiger partial charge in [-0.3, -0.25) is 5.41 Å². The van der Waals surface area contributed by atoms with Crippen LogP contribution in [0, 0.1) is 5.41 Å². The van der Waals surface area contributed by atoms with Gasteiger partial charge in [0, 0.05) is 17.3 Å². The molecule has 1 aliphatic heterocycles. The van der Waals surface area contributed by atoms with E-state index in [-0.39, 0.29) is 0 Å². The van der Waals surface area contributed by atoms with E-state index in [1.54, 1.807) is 6.21 Å². The summed E-state index contributed by atoms with van der Waals surface area (Å²) in [5.41, 5.74) is 1.98. The third-order valence-corrected chi connectivity index (χ3v) is 1.55. The van der Waals surface area contributed by atoms with Gasteiger partial charge in [-0.25, -0.2) is 4.99 Å². The van der Waals surface area contributed by atoms with Gasteiger partial charge in [-0.15, -0.1) is 0 Å². The fraction of sp³-hybridized carbons (Fsp3) is 0. The highest BCUT2D eigenvalue weighted by Gasteiger charge is 2.08. The van der Waals surface area contributed by atoms with Crippen LogP contribution in [-0.4, -0.2) is 12.1 Å². The molecule has 0 spiro atoms. The van der Waals surface area contributed by atoms with Gasteiger partial charge in [-0.1, -0.05) is 24.3 Å². The van der Waals surface area contributed by atoms with Crippen molar-refractivity contribution in [3.63, 3.8) is 0 Å². The highest BCUT2D eigenvalue weighted by molar-refractivity contribution is 6.13. The Hall–Kier alpha value is -1.44. The zero-order chi connectivity index (χ0) is 6.97. The average molecular weight is 130 g/mol. The number of benzene rings is 1. The van der Waals surface area contributed by atoms with E-state index in [1.807, 2.05) is 24.3 Å². The lowest BCUT2D eigenvalue weighted by molar-refractivity contribution is 1.45. The van der Waals surface area contributed by atoms with Crippen LogP contribution in [0.2, 0.25) is 0 Å². The fourth-order valence-electron chi connectivity index (χ4n) is 1.03. The lowest BCUT2D eigenvalue weighted by Crippen LogP contribution is -1.89. The van der Waals surface area contributed by atoms with Gasteiger partial charge < -0.3 is 0 Å². The van der Waals surface area contributed by atoms with E-state index < -0.39 is 0 Å². The highest BCUT2D eigenvalue weighted by Crippen LogP contribution is 2.12. The molecule has 1 aromatic rings. The van der Waals surface area contributed by atoms with Gasteiger partial charge in [0.2, 0.25) is 0 Å². The first-order chi connectivity index (χ1) is 4.88. The third-order valence-electron chi connectivity index (χ3n) is 1.55. The van der Waals surface area contributed by atoms with E-state index in [0.29, 0.717) is 5.84 Å². The number of hydrogen-bond donors (Lipinski definition) is 1. The molecule has 2 rings (SSSR count). The van der Waals surface area contributed by atoms with E-state index in [0.717, 1.165) is 11.1 Å². The normalized spacial score (nSPS) is 13.8. The molecule has 48 valence electrons. The molecule has 0 aliphatic carbocycles. The van der Waals surface area contributed by atoms with Gasteiger partial charge in [0.25, 0.3) is 0 Å². The first-order valence-corrected chi connectivity index (χ1v) is 3.10. The van der Waals surface area contributed by atoms with E-state index in [9.17, 15) is 0 Å². The Bertz CT molecular complexity index is 313. The molecule has 10 heavy (non-hydrogen) atoms. The molecule has 0 saturated carbocycles. The maximum atomic E-state index is 7.33. The minimum absolute atomic E-state index is 0.371. The largest absolute Gasteiger partial charge is 0.282 e. The molecule has 2 heteroatoms. The van der Waals surface area contributed by atoms with Crippen LogP contribution in [0.15, 0.2) is 29.3 Å². The smallest absolute Gasteiger partial charge is 0.152 e. The highest BCUT2D eigenvalue weighted by atomic mass is 14.8. The fourth-order valence-corrected chi connectivity index (χ4v) is 1.03. The summed E-state index contributed by atoms with van der Waals surface area (Å²) in [4.78, 5) is 3.86. The Kier molecular flexibility index (Phi) is 0.947. The second-order valence-electron chi connectivity index (χ2n) is 2.19. The summed E-state index contributed by atoms with van der Waals surface area (Å²) in [6.45, 7) is 0. The van der Waals surface area contributed by atoms with Gasteiger partial charge in [0.15, 0.2) is 5.84 Å². The molecule has 0 radical (unpaired) electrons. The quantitative estimate of drug-likeness (QED) is 0.551. The maximum Gasteiger partial charge on any atom is 0.152 e. The van der Waals surface area contributed by atoms with Crippen LogP contribution in [0.1, 0.15) is 11.1 Å². The monoisotopic (exact) mass is 130 g/mol. The predicted octanol–water partition coefficient (Wildman–Crippen LogP) is 1.44. The van der Waals surface area contributed by atoms with Crippen molar-refractivity contribution in [2.75, 3.05) is 0 Å². The Morgan fingerprint density at radius 3 is 2.80 bits per heavy atom.